The lowest BCUT2D eigenvalue weighted by atomic mass is 10.3. The van der Waals surface area contributed by atoms with Gasteiger partial charge < -0.3 is 10.1 Å². The van der Waals surface area contributed by atoms with Crippen molar-refractivity contribution in [1.29, 1.82) is 0 Å². The maximum Gasteiger partial charge on any atom is 0.130 e. The molecule has 0 amide bonds. The number of para-hydroxylation sites is 1. The molecule has 12 heavy (non-hydrogen) atoms. The Labute approximate surface area is 76.4 Å². The van der Waals surface area contributed by atoms with Crippen LogP contribution in [-0.2, 0) is 4.79 Å². The van der Waals surface area contributed by atoms with Crippen LogP contribution >= 0.6 is 11.8 Å². The smallest absolute Gasteiger partial charge is 0.130 e. The largest absolute Gasteiger partial charge is 0.387 e. The number of hydrogen-bond acceptors (Lipinski definition) is 3. The number of aldehydes is 1. The predicted octanol–water partition coefficient (Wildman–Crippen LogP) is 2.02. The molecule has 0 bridgehead atoms. The molecule has 1 rings (SSSR count). The summed E-state index contributed by atoms with van der Waals surface area (Å²) >= 11 is 1.54. The Morgan fingerprint density at radius 3 is 2.92 bits per heavy atom. The van der Waals surface area contributed by atoms with Gasteiger partial charge in [0.25, 0.3) is 0 Å². The van der Waals surface area contributed by atoms with Gasteiger partial charge in [0.15, 0.2) is 0 Å². The molecule has 1 aromatic carbocycles. The fraction of sp³-hybridized carbons (Fsp3) is 0.222. The summed E-state index contributed by atoms with van der Waals surface area (Å²) in [5.74, 6) is 0.513. The van der Waals surface area contributed by atoms with Crippen LogP contribution in [0.4, 0.5) is 5.69 Å². The van der Waals surface area contributed by atoms with Gasteiger partial charge in [0.1, 0.15) is 6.29 Å². The van der Waals surface area contributed by atoms with Gasteiger partial charge in [-0.25, -0.2) is 0 Å². The zero-order valence-corrected chi connectivity index (χ0v) is 7.73. The van der Waals surface area contributed by atoms with Crippen LogP contribution in [0.1, 0.15) is 0 Å². The van der Waals surface area contributed by atoms with E-state index in [0.717, 1.165) is 16.9 Å². The summed E-state index contributed by atoms with van der Waals surface area (Å²) in [6, 6.07) is 7.93. The SMILES string of the molecule is CNc1ccccc1SCC=O. The molecule has 0 aliphatic rings. The van der Waals surface area contributed by atoms with Crippen LogP contribution in [-0.4, -0.2) is 19.1 Å². The highest BCUT2D eigenvalue weighted by Crippen LogP contribution is 2.25. The molecule has 0 atom stereocenters. The van der Waals surface area contributed by atoms with Crippen molar-refractivity contribution in [2.45, 2.75) is 4.90 Å². The zero-order valence-electron chi connectivity index (χ0n) is 6.91. The standard InChI is InChI=1S/C9H11NOS/c1-10-8-4-2-3-5-9(8)12-7-6-11/h2-6,10H,7H2,1H3. The summed E-state index contributed by atoms with van der Waals surface area (Å²) in [6.07, 6.45) is 0.914. The summed E-state index contributed by atoms with van der Waals surface area (Å²) < 4.78 is 0. The monoisotopic (exact) mass is 181 g/mol. The molecule has 0 aliphatic heterocycles. The molecular formula is C9H11NOS. The lowest BCUT2D eigenvalue weighted by Gasteiger charge is -2.05. The Morgan fingerprint density at radius 1 is 1.50 bits per heavy atom. The third kappa shape index (κ3) is 2.27. The van der Waals surface area contributed by atoms with E-state index in [2.05, 4.69) is 5.32 Å². The van der Waals surface area contributed by atoms with E-state index in [-0.39, 0.29) is 0 Å². The van der Waals surface area contributed by atoms with Crippen molar-refractivity contribution in [3.63, 3.8) is 0 Å². The van der Waals surface area contributed by atoms with Gasteiger partial charge in [-0.05, 0) is 12.1 Å². The number of nitrogens with one attached hydrogen (secondary N) is 1. The third-order valence-corrected chi connectivity index (χ3v) is 2.43. The van der Waals surface area contributed by atoms with Crippen LogP contribution in [0.2, 0.25) is 0 Å². The van der Waals surface area contributed by atoms with E-state index in [1.165, 1.54) is 0 Å². The molecule has 0 fully saturated rings. The molecule has 3 heteroatoms. The summed E-state index contributed by atoms with van der Waals surface area (Å²) in [5, 5.41) is 3.07. The average Bonchev–Trinajstić information content (AvgIpc) is 2.15. The van der Waals surface area contributed by atoms with E-state index in [1.54, 1.807) is 11.8 Å². The predicted molar refractivity (Wildman–Crippen MR) is 52.8 cm³/mol. The first-order valence-corrected chi connectivity index (χ1v) is 4.70. The summed E-state index contributed by atoms with van der Waals surface area (Å²) in [4.78, 5) is 11.3. The van der Waals surface area contributed by atoms with Crippen LogP contribution < -0.4 is 5.32 Å². The first-order valence-electron chi connectivity index (χ1n) is 3.71. The topological polar surface area (TPSA) is 29.1 Å². The van der Waals surface area contributed by atoms with Crippen molar-refractivity contribution in [2.75, 3.05) is 18.1 Å². The normalized spacial score (nSPS) is 9.42. The Morgan fingerprint density at radius 2 is 2.25 bits per heavy atom. The van der Waals surface area contributed by atoms with E-state index < -0.39 is 0 Å². The van der Waals surface area contributed by atoms with Crippen molar-refractivity contribution >= 4 is 23.7 Å². The molecule has 0 spiro atoms. The Bertz CT molecular complexity index is 262. The molecule has 0 unspecified atom stereocenters. The first-order chi connectivity index (χ1) is 5.88. The Balaban J connectivity index is 2.74. The summed E-state index contributed by atoms with van der Waals surface area (Å²) in [6.45, 7) is 0. The molecule has 0 heterocycles. The van der Waals surface area contributed by atoms with Crippen molar-refractivity contribution in [1.82, 2.24) is 0 Å². The van der Waals surface area contributed by atoms with Crippen molar-refractivity contribution in [3.05, 3.63) is 24.3 Å². The van der Waals surface area contributed by atoms with Gasteiger partial charge in [0.05, 0.1) is 5.75 Å². The minimum absolute atomic E-state index is 0.513. The van der Waals surface area contributed by atoms with E-state index in [4.69, 9.17) is 0 Å². The van der Waals surface area contributed by atoms with Crippen LogP contribution in [0.5, 0.6) is 0 Å². The van der Waals surface area contributed by atoms with E-state index in [1.807, 2.05) is 31.3 Å². The number of hydrogen-bond donors (Lipinski definition) is 1. The van der Waals surface area contributed by atoms with E-state index in [9.17, 15) is 4.79 Å². The van der Waals surface area contributed by atoms with Crippen LogP contribution in [0.25, 0.3) is 0 Å². The van der Waals surface area contributed by atoms with Gasteiger partial charge in [-0.15, -0.1) is 11.8 Å². The fourth-order valence-electron chi connectivity index (χ4n) is 0.923. The molecular weight excluding hydrogens is 170 g/mol. The molecule has 0 saturated carbocycles. The second-order valence-electron chi connectivity index (χ2n) is 2.22. The number of rotatable bonds is 4. The molecule has 64 valence electrons. The molecule has 0 saturated heterocycles. The number of carbonyl (C=O) groups excluding carboxylic acids is 1. The molecule has 0 aliphatic carbocycles. The summed E-state index contributed by atoms with van der Waals surface area (Å²) in [7, 11) is 1.88. The van der Waals surface area contributed by atoms with Crippen molar-refractivity contribution in [2.24, 2.45) is 0 Å². The fourth-order valence-corrected chi connectivity index (χ4v) is 1.67. The maximum absolute atomic E-state index is 10.1. The first kappa shape index (κ1) is 9.13. The van der Waals surface area contributed by atoms with Gasteiger partial charge >= 0.3 is 0 Å². The number of thioether (sulfide) groups is 1. The highest BCUT2D eigenvalue weighted by Gasteiger charge is 1.98. The number of benzene rings is 1. The maximum atomic E-state index is 10.1. The van der Waals surface area contributed by atoms with Gasteiger partial charge in [0, 0.05) is 17.6 Å². The summed E-state index contributed by atoms with van der Waals surface area (Å²) in [5.41, 5.74) is 1.07. The molecule has 0 radical (unpaired) electrons. The number of anilines is 1. The third-order valence-electron chi connectivity index (χ3n) is 1.46. The molecule has 1 aromatic rings. The van der Waals surface area contributed by atoms with Gasteiger partial charge in [-0.2, -0.15) is 0 Å². The average molecular weight is 181 g/mol. The van der Waals surface area contributed by atoms with E-state index in [0.29, 0.717) is 5.75 Å². The quantitative estimate of drug-likeness (QED) is 0.569. The zero-order chi connectivity index (χ0) is 8.81. The van der Waals surface area contributed by atoms with Crippen LogP contribution in [0.3, 0.4) is 0 Å². The van der Waals surface area contributed by atoms with Crippen molar-refractivity contribution < 1.29 is 4.79 Å². The highest BCUT2D eigenvalue weighted by molar-refractivity contribution is 8.00. The minimum atomic E-state index is 0.513. The van der Waals surface area contributed by atoms with Gasteiger partial charge in [0.2, 0.25) is 0 Å². The second kappa shape index (κ2) is 4.83. The van der Waals surface area contributed by atoms with E-state index >= 15 is 0 Å². The molecule has 0 aromatic heterocycles. The second-order valence-corrected chi connectivity index (χ2v) is 3.29. The lowest BCUT2D eigenvalue weighted by molar-refractivity contribution is -0.105. The molecule has 1 N–H and O–H groups in total. The number of carbonyl (C=O) groups is 1. The van der Waals surface area contributed by atoms with Gasteiger partial charge in [-0.3, -0.25) is 0 Å². The van der Waals surface area contributed by atoms with Crippen LogP contribution in [0.15, 0.2) is 29.2 Å². The minimum Gasteiger partial charge on any atom is -0.387 e. The van der Waals surface area contributed by atoms with Crippen molar-refractivity contribution in [3.8, 4) is 0 Å². The van der Waals surface area contributed by atoms with Crippen LogP contribution in [0, 0.1) is 0 Å². The highest BCUT2D eigenvalue weighted by atomic mass is 32.2. The Kier molecular flexibility index (Phi) is 3.67. The van der Waals surface area contributed by atoms with Gasteiger partial charge in [-0.1, -0.05) is 12.1 Å². The lowest BCUT2D eigenvalue weighted by Crippen LogP contribution is -1.90. The Hall–Kier alpha value is -0.960. The molecule has 2 nitrogen and oxygen atoms in total.